The second kappa shape index (κ2) is 2.83. The van der Waals surface area contributed by atoms with Gasteiger partial charge in [0.2, 0.25) is 6.26 Å². The summed E-state index contributed by atoms with van der Waals surface area (Å²) < 4.78 is 11.2. The van der Waals surface area contributed by atoms with Gasteiger partial charge < -0.3 is 9.15 Å². The number of hydrogen-bond donors (Lipinski definition) is 0. The van der Waals surface area contributed by atoms with Crippen molar-refractivity contribution in [1.82, 2.24) is 0 Å². The molecule has 2 nitrogen and oxygen atoms in total. The average molecular weight is 226 g/mol. The molecule has 1 aromatic carbocycles. The molecule has 0 amide bonds. The Morgan fingerprint density at radius 2 is 2.33 bits per heavy atom. The van der Waals surface area contributed by atoms with Crippen LogP contribution in [0.1, 0.15) is 0 Å². The van der Waals surface area contributed by atoms with E-state index in [2.05, 4.69) is 22.2 Å². The number of furan rings is 1. The molecule has 61 valence electrons. The molecule has 0 aliphatic carbocycles. The zero-order valence-corrected chi connectivity index (χ0v) is 8.01. The van der Waals surface area contributed by atoms with Gasteiger partial charge in [0.25, 0.3) is 0 Å². The molecule has 0 unspecified atom stereocenters. The standard InChI is InChI=1S/C9H6BrO2/c1-11-8-5-12-7-4-2-3-6(10)9(7)8/h2-4H,1H3. The average Bonchev–Trinajstić information content (AvgIpc) is 2.49. The number of fused-ring (bicyclic) bond motifs is 1. The van der Waals surface area contributed by atoms with Crippen LogP contribution < -0.4 is 4.74 Å². The molecule has 0 bridgehead atoms. The van der Waals surface area contributed by atoms with E-state index in [0.717, 1.165) is 15.4 Å². The minimum Gasteiger partial charge on any atom is -0.492 e. The van der Waals surface area contributed by atoms with Gasteiger partial charge in [-0.2, -0.15) is 0 Å². The van der Waals surface area contributed by atoms with E-state index in [9.17, 15) is 0 Å². The molecule has 0 spiro atoms. The molecule has 2 rings (SSSR count). The highest BCUT2D eigenvalue weighted by molar-refractivity contribution is 9.10. The van der Waals surface area contributed by atoms with Crippen molar-refractivity contribution in [3.63, 3.8) is 0 Å². The molecule has 0 saturated carbocycles. The van der Waals surface area contributed by atoms with Crippen LogP contribution in [-0.2, 0) is 0 Å². The molecule has 3 heteroatoms. The lowest BCUT2D eigenvalue weighted by Crippen LogP contribution is -1.79. The van der Waals surface area contributed by atoms with Crippen molar-refractivity contribution in [1.29, 1.82) is 0 Å². The maximum Gasteiger partial charge on any atom is 0.216 e. The quantitative estimate of drug-likeness (QED) is 0.745. The Balaban J connectivity index is 2.83. The summed E-state index contributed by atoms with van der Waals surface area (Å²) in [5.74, 6) is 0.637. The lowest BCUT2D eigenvalue weighted by atomic mass is 10.2. The lowest BCUT2D eigenvalue weighted by Gasteiger charge is -1.95. The number of benzene rings is 1. The Bertz CT molecular complexity index is 406. The maximum absolute atomic E-state index is 5.14. The fourth-order valence-electron chi connectivity index (χ4n) is 1.11. The van der Waals surface area contributed by atoms with Crippen LogP contribution in [-0.4, -0.2) is 7.11 Å². The van der Waals surface area contributed by atoms with Crippen LogP contribution in [0.2, 0.25) is 0 Å². The normalized spacial score (nSPS) is 10.5. The van der Waals surface area contributed by atoms with Gasteiger partial charge in [-0.1, -0.05) is 6.07 Å². The predicted molar refractivity (Wildman–Crippen MR) is 49.3 cm³/mol. The third-order valence-electron chi connectivity index (χ3n) is 1.66. The summed E-state index contributed by atoms with van der Waals surface area (Å²) in [5.41, 5.74) is 0.779. The highest BCUT2D eigenvalue weighted by Crippen LogP contribution is 2.33. The van der Waals surface area contributed by atoms with Gasteiger partial charge in [-0.25, -0.2) is 0 Å². The Hall–Kier alpha value is -0.960. The topological polar surface area (TPSA) is 22.4 Å². The van der Waals surface area contributed by atoms with Gasteiger partial charge in [-0.15, -0.1) is 0 Å². The van der Waals surface area contributed by atoms with Crippen LogP contribution in [0.4, 0.5) is 0 Å². The molecule has 0 N–H and O–H groups in total. The van der Waals surface area contributed by atoms with Gasteiger partial charge in [-0.05, 0) is 28.1 Å². The minimum atomic E-state index is 0.637. The highest BCUT2D eigenvalue weighted by atomic mass is 79.9. The van der Waals surface area contributed by atoms with Crippen LogP contribution in [0.25, 0.3) is 11.0 Å². The molecular formula is C9H6BrO2. The van der Waals surface area contributed by atoms with E-state index < -0.39 is 0 Å². The van der Waals surface area contributed by atoms with Crippen molar-refractivity contribution in [3.8, 4) is 5.75 Å². The first-order valence-electron chi connectivity index (χ1n) is 3.45. The van der Waals surface area contributed by atoms with E-state index in [1.165, 1.54) is 0 Å². The van der Waals surface area contributed by atoms with Crippen molar-refractivity contribution in [2.24, 2.45) is 0 Å². The van der Waals surface area contributed by atoms with E-state index >= 15 is 0 Å². The summed E-state index contributed by atoms with van der Waals surface area (Å²) in [6.07, 6.45) is 2.68. The molecule has 1 radical (unpaired) electrons. The van der Waals surface area contributed by atoms with E-state index in [1.54, 1.807) is 7.11 Å². The minimum absolute atomic E-state index is 0.637. The molecule has 0 aliphatic rings. The summed E-state index contributed by atoms with van der Waals surface area (Å²) in [5, 5.41) is 0.931. The molecule has 0 saturated heterocycles. The smallest absolute Gasteiger partial charge is 0.216 e. The molecule has 0 fully saturated rings. The maximum atomic E-state index is 5.14. The van der Waals surface area contributed by atoms with Gasteiger partial charge in [0.05, 0.1) is 12.5 Å². The van der Waals surface area contributed by atoms with E-state index in [1.807, 2.05) is 18.2 Å². The molecule has 0 atom stereocenters. The van der Waals surface area contributed by atoms with Crippen LogP contribution in [0, 0.1) is 6.26 Å². The molecule has 0 aliphatic heterocycles. The Labute approximate surface area is 78.3 Å². The van der Waals surface area contributed by atoms with Crippen LogP contribution >= 0.6 is 15.9 Å². The zero-order chi connectivity index (χ0) is 8.55. The zero-order valence-electron chi connectivity index (χ0n) is 6.43. The van der Waals surface area contributed by atoms with Gasteiger partial charge in [0.15, 0.2) is 5.75 Å². The molecule has 1 heterocycles. The fourth-order valence-corrected chi connectivity index (χ4v) is 1.63. The van der Waals surface area contributed by atoms with Gasteiger partial charge >= 0.3 is 0 Å². The van der Waals surface area contributed by atoms with Crippen molar-refractivity contribution >= 4 is 26.9 Å². The molecule has 2 aromatic rings. The monoisotopic (exact) mass is 225 g/mol. The first-order valence-corrected chi connectivity index (χ1v) is 4.25. The van der Waals surface area contributed by atoms with Gasteiger partial charge in [0.1, 0.15) is 5.58 Å². The second-order valence-corrected chi connectivity index (χ2v) is 3.20. The van der Waals surface area contributed by atoms with Gasteiger partial charge in [0, 0.05) is 4.47 Å². The summed E-state index contributed by atoms with van der Waals surface area (Å²) in [6, 6.07) is 5.72. The second-order valence-electron chi connectivity index (χ2n) is 2.35. The summed E-state index contributed by atoms with van der Waals surface area (Å²) in [4.78, 5) is 0. The van der Waals surface area contributed by atoms with Crippen molar-refractivity contribution < 1.29 is 9.15 Å². The molecule has 1 aromatic heterocycles. The SMILES string of the molecule is COc1[c]oc2cccc(Br)c12. The largest absolute Gasteiger partial charge is 0.492 e. The molecular weight excluding hydrogens is 220 g/mol. The number of methoxy groups -OCH3 is 1. The number of rotatable bonds is 1. The fraction of sp³-hybridized carbons (Fsp3) is 0.111. The number of halogens is 1. The first kappa shape index (κ1) is 7.68. The van der Waals surface area contributed by atoms with Crippen LogP contribution in [0.5, 0.6) is 5.75 Å². The third kappa shape index (κ3) is 1.01. The highest BCUT2D eigenvalue weighted by Gasteiger charge is 2.08. The Morgan fingerprint density at radius 3 is 3.08 bits per heavy atom. The molecule has 12 heavy (non-hydrogen) atoms. The lowest BCUT2D eigenvalue weighted by molar-refractivity contribution is 0.408. The van der Waals surface area contributed by atoms with Crippen LogP contribution in [0.15, 0.2) is 27.1 Å². The summed E-state index contributed by atoms with van der Waals surface area (Å²) in [7, 11) is 1.60. The summed E-state index contributed by atoms with van der Waals surface area (Å²) in [6.45, 7) is 0. The van der Waals surface area contributed by atoms with E-state index in [-0.39, 0.29) is 0 Å². The number of ether oxygens (including phenoxy) is 1. The summed E-state index contributed by atoms with van der Waals surface area (Å²) >= 11 is 3.41. The number of hydrogen-bond acceptors (Lipinski definition) is 2. The van der Waals surface area contributed by atoms with Crippen molar-refractivity contribution in [2.75, 3.05) is 7.11 Å². The third-order valence-corrected chi connectivity index (χ3v) is 2.32. The van der Waals surface area contributed by atoms with E-state index in [4.69, 9.17) is 9.15 Å². The van der Waals surface area contributed by atoms with Crippen LogP contribution in [0.3, 0.4) is 0 Å². The first-order chi connectivity index (χ1) is 5.83. The predicted octanol–water partition coefficient (Wildman–Crippen LogP) is 3.00. The Morgan fingerprint density at radius 1 is 1.50 bits per heavy atom. The van der Waals surface area contributed by atoms with Crippen molar-refractivity contribution in [3.05, 3.63) is 28.9 Å². The van der Waals surface area contributed by atoms with E-state index in [0.29, 0.717) is 5.75 Å². The Kier molecular flexibility index (Phi) is 1.81. The van der Waals surface area contributed by atoms with Gasteiger partial charge in [-0.3, -0.25) is 0 Å². The van der Waals surface area contributed by atoms with Crippen molar-refractivity contribution in [2.45, 2.75) is 0 Å².